The molecule has 2 aromatic heterocycles. The standard InChI is InChI=1S/C35H39ClF2N8O4/c1-22-27(19-40-46(22)16-17-50-3)24-8-9-26(32(38)31(24)37)29-20-39-33(42(29)2)34(48)41-23-6-7-25(28(36)18-23)35(49)45-14-12-44(13-15-45)30(47)21-43-10-4-5-11-43/h6-9,18-20H,4-5,10-17,21H2,1-3H3,(H,41,48). The maximum Gasteiger partial charge on any atom is 0.291 e. The number of rotatable bonds is 10. The number of likely N-dealkylation sites (tertiary alicyclic amines) is 1. The van der Waals surface area contributed by atoms with Crippen molar-refractivity contribution in [3.8, 4) is 22.4 Å². The Bertz CT molecular complexity index is 1910. The molecule has 0 radical (unpaired) electrons. The Morgan fingerprint density at radius 2 is 1.60 bits per heavy atom. The fourth-order valence-electron chi connectivity index (χ4n) is 6.45. The average molecular weight is 709 g/mol. The summed E-state index contributed by atoms with van der Waals surface area (Å²) in [7, 11) is 3.10. The van der Waals surface area contributed by atoms with Crippen molar-refractivity contribution in [3.63, 3.8) is 0 Å². The number of ether oxygens (including phenoxy) is 1. The van der Waals surface area contributed by atoms with E-state index in [4.69, 9.17) is 16.3 Å². The van der Waals surface area contributed by atoms with Gasteiger partial charge < -0.3 is 24.4 Å². The largest absolute Gasteiger partial charge is 0.383 e. The Morgan fingerprint density at radius 1 is 0.920 bits per heavy atom. The van der Waals surface area contributed by atoms with Crippen LogP contribution in [0.5, 0.6) is 0 Å². The Balaban J connectivity index is 1.10. The van der Waals surface area contributed by atoms with Crippen LogP contribution < -0.4 is 5.32 Å². The molecule has 50 heavy (non-hydrogen) atoms. The van der Waals surface area contributed by atoms with Gasteiger partial charge in [0.1, 0.15) is 0 Å². The molecule has 3 amide bonds. The molecule has 0 spiro atoms. The number of methoxy groups -OCH3 is 1. The zero-order valence-electron chi connectivity index (χ0n) is 28.2. The first-order valence-electron chi connectivity index (χ1n) is 16.5. The molecule has 0 atom stereocenters. The van der Waals surface area contributed by atoms with Gasteiger partial charge in [0.25, 0.3) is 11.8 Å². The number of halogens is 3. The predicted octanol–water partition coefficient (Wildman–Crippen LogP) is 4.47. The molecule has 0 unspecified atom stereocenters. The van der Waals surface area contributed by atoms with Crippen LogP contribution in [0.15, 0.2) is 42.7 Å². The van der Waals surface area contributed by atoms with Crippen molar-refractivity contribution in [2.45, 2.75) is 26.3 Å². The summed E-state index contributed by atoms with van der Waals surface area (Å²) in [4.78, 5) is 49.0. The van der Waals surface area contributed by atoms with Crippen LogP contribution in [0, 0.1) is 18.6 Å². The summed E-state index contributed by atoms with van der Waals surface area (Å²) in [5.41, 5.74) is 1.93. The zero-order valence-corrected chi connectivity index (χ0v) is 29.0. The van der Waals surface area contributed by atoms with Crippen LogP contribution in [0.2, 0.25) is 5.02 Å². The number of nitrogens with zero attached hydrogens (tertiary/aromatic N) is 7. The highest BCUT2D eigenvalue weighted by Gasteiger charge is 2.28. The first kappa shape index (κ1) is 35.2. The monoisotopic (exact) mass is 708 g/mol. The number of nitrogens with one attached hydrogen (secondary N) is 1. The van der Waals surface area contributed by atoms with Crippen molar-refractivity contribution >= 4 is 35.0 Å². The lowest BCUT2D eigenvalue weighted by Gasteiger charge is -2.35. The van der Waals surface area contributed by atoms with Gasteiger partial charge in [-0.05, 0) is 57.1 Å². The van der Waals surface area contributed by atoms with Gasteiger partial charge in [-0.3, -0.25) is 24.0 Å². The predicted molar refractivity (Wildman–Crippen MR) is 184 cm³/mol. The number of aromatic nitrogens is 4. The third-order valence-electron chi connectivity index (χ3n) is 9.38. The van der Waals surface area contributed by atoms with Gasteiger partial charge in [0, 0.05) is 68.4 Å². The maximum atomic E-state index is 15.5. The quantitative estimate of drug-likeness (QED) is 0.259. The Hall–Kier alpha value is -4.66. The fourth-order valence-corrected chi connectivity index (χ4v) is 6.72. The SMILES string of the molecule is COCCn1ncc(-c2ccc(-c3cnc(C(=O)Nc4ccc(C(=O)N5CCN(C(=O)CN6CCCC6)CC5)c(Cl)c4)n3C)c(F)c2F)c1C. The fraction of sp³-hybridized carbons (Fsp3) is 0.400. The van der Waals surface area contributed by atoms with E-state index in [1.165, 1.54) is 48.3 Å². The lowest BCUT2D eigenvalue weighted by Crippen LogP contribution is -2.52. The van der Waals surface area contributed by atoms with Gasteiger partial charge in [-0.2, -0.15) is 5.10 Å². The molecule has 2 aliphatic heterocycles. The topological polar surface area (TPSA) is 118 Å². The van der Waals surface area contributed by atoms with E-state index in [9.17, 15) is 14.4 Å². The minimum atomic E-state index is -1.08. The molecular formula is C35H39ClF2N8O4. The van der Waals surface area contributed by atoms with Gasteiger partial charge in [-0.25, -0.2) is 13.8 Å². The van der Waals surface area contributed by atoms with Crippen molar-refractivity contribution in [2.75, 3.05) is 64.8 Å². The maximum absolute atomic E-state index is 15.5. The molecule has 12 nitrogen and oxygen atoms in total. The molecular weight excluding hydrogens is 670 g/mol. The van der Waals surface area contributed by atoms with Crippen LogP contribution in [0.25, 0.3) is 22.4 Å². The molecule has 4 aromatic rings. The van der Waals surface area contributed by atoms with Gasteiger partial charge in [0.15, 0.2) is 17.5 Å². The summed E-state index contributed by atoms with van der Waals surface area (Å²) in [5.74, 6) is -2.96. The van der Waals surface area contributed by atoms with E-state index in [-0.39, 0.29) is 45.0 Å². The number of piperazine rings is 1. The first-order chi connectivity index (χ1) is 24.1. The molecule has 2 aliphatic rings. The summed E-state index contributed by atoms with van der Waals surface area (Å²) in [6.45, 7) is 6.68. The third-order valence-corrected chi connectivity index (χ3v) is 9.70. The lowest BCUT2D eigenvalue weighted by molar-refractivity contribution is -0.133. The Labute approximate surface area is 293 Å². The second-order valence-electron chi connectivity index (χ2n) is 12.5. The van der Waals surface area contributed by atoms with E-state index in [1.54, 1.807) is 34.6 Å². The van der Waals surface area contributed by atoms with Gasteiger partial charge in [0.2, 0.25) is 5.91 Å². The highest BCUT2D eigenvalue weighted by Crippen LogP contribution is 2.33. The number of carbonyl (C=O) groups is 3. The molecule has 0 saturated carbocycles. The van der Waals surface area contributed by atoms with Gasteiger partial charge in [-0.1, -0.05) is 17.7 Å². The lowest BCUT2D eigenvalue weighted by atomic mass is 10.0. The zero-order chi connectivity index (χ0) is 35.5. The second-order valence-corrected chi connectivity index (χ2v) is 12.9. The molecule has 4 heterocycles. The number of hydrogen-bond acceptors (Lipinski definition) is 7. The second kappa shape index (κ2) is 15.1. The van der Waals surface area contributed by atoms with Crippen molar-refractivity contribution in [3.05, 3.63) is 76.5 Å². The third kappa shape index (κ3) is 7.14. The summed E-state index contributed by atoms with van der Waals surface area (Å²) >= 11 is 6.51. The molecule has 6 rings (SSSR count). The van der Waals surface area contributed by atoms with Crippen LogP contribution in [0.3, 0.4) is 0 Å². The highest BCUT2D eigenvalue weighted by atomic mass is 35.5. The van der Waals surface area contributed by atoms with Crippen LogP contribution >= 0.6 is 11.6 Å². The molecule has 2 fully saturated rings. The van der Waals surface area contributed by atoms with Crippen molar-refractivity contribution in [1.82, 2.24) is 34.0 Å². The Kier molecular flexibility index (Phi) is 10.6. The molecule has 0 aliphatic carbocycles. The van der Waals surface area contributed by atoms with Crippen LogP contribution in [0.1, 0.15) is 39.5 Å². The van der Waals surface area contributed by atoms with E-state index < -0.39 is 17.5 Å². The molecule has 1 N–H and O–H groups in total. The van der Waals surface area contributed by atoms with Crippen LogP contribution in [0.4, 0.5) is 14.5 Å². The van der Waals surface area contributed by atoms with E-state index in [2.05, 4.69) is 20.3 Å². The highest BCUT2D eigenvalue weighted by molar-refractivity contribution is 6.34. The molecule has 15 heteroatoms. The molecule has 0 bridgehead atoms. The van der Waals surface area contributed by atoms with Gasteiger partial charge in [-0.15, -0.1) is 0 Å². The number of amides is 3. The van der Waals surface area contributed by atoms with Crippen molar-refractivity contribution < 1.29 is 27.9 Å². The van der Waals surface area contributed by atoms with Crippen LogP contribution in [-0.4, -0.2) is 111 Å². The summed E-state index contributed by atoms with van der Waals surface area (Å²) in [5, 5.41) is 7.13. The van der Waals surface area contributed by atoms with E-state index in [1.807, 2.05) is 0 Å². The number of benzene rings is 2. The van der Waals surface area contributed by atoms with E-state index in [0.717, 1.165) is 25.9 Å². The minimum absolute atomic E-state index is 0.0485. The summed E-state index contributed by atoms with van der Waals surface area (Å²) < 4.78 is 39.0. The summed E-state index contributed by atoms with van der Waals surface area (Å²) in [6, 6.07) is 7.49. The number of carbonyl (C=O) groups excluding carboxylic acids is 3. The van der Waals surface area contributed by atoms with Crippen molar-refractivity contribution in [2.24, 2.45) is 7.05 Å². The van der Waals surface area contributed by atoms with Crippen molar-refractivity contribution in [1.29, 1.82) is 0 Å². The molecule has 264 valence electrons. The normalized spacial score (nSPS) is 15.2. The number of hydrogen-bond donors (Lipinski definition) is 1. The smallest absolute Gasteiger partial charge is 0.291 e. The van der Waals surface area contributed by atoms with E-state index >= 15 is 8.78 Å². The first-order valence-corrected chi connectivity index (χ1v) is 16.9. The number of imidazole rings is 1. The van der Waals surface area contributed by atoms with Gasteiger partial charge in [0.05, 0.1) is 48.4 Å². The van der Waals surface area contributed by atoms with E-state index in [0.29, 0.717) is 62.8 Å². The minimum Gasteiger partial charge on any atom is -0.383 e. The molecule has 2 aromatic carbocycles. The number of anilines is 1. The molecule has 2 saturated heterocycles. The summed E-state index contributed by atoms with van der Waals surface area (Å²) in [6.07, 6.45) is 5.03. The Morgan fingerprint density at radius 3 is 2.30 bits per heavy atom. The average Bonchev–Trinajstić information content (AvgIpc) is 3.85. The van der Waals surface area contributed by atoms with Crippen LogP contribution in [-0.2, 0) is 23.1 Å². The van der Waals surface area contributed by atoms with Gasteiger partial charge >= 0.3 is 0 Å².